The number of carbonyl (C=O) groups excluding carboxylic acids is 1. The van der Waals surface area contributed by atoms with Crippen molar-refractivity contribution in [3.63, 3.8) is 0 Å². The van der Waals surface area contributed by atoms with E-state index in [2.05, 4.69) is 15.4 Å². The van der Waals surface area contributed by atoms with Gasteiger partial charge in [0.2, 0.25) is 0 Å². The van der Waals surface area contributed by atoms with Crippen LogP contribution in [0.5, 0.6) is 0 Å². The second kappa shape index (κ2) is 7.39. The minimum Gasteiger partial charge on any atom is -0.449 e. The third kappa shape index (κ3) is 3.61. The van der Waals surface area contributed by atoms with Crippen molar-refractivity contribution in [1.82, 2.24) is 14.6 Å². The van der Waals surface area contributed by atoms with Crippen molar-refractivity contribution in [3.05, 3.63) is 24.2 Å². The van der Waals surface area contributed by atoms with E-state index in [1.807, 2.05) is 13.8 Å². The lowest BCUT2D eigenvalue weighted by Gasteiger charge is -2.26. The van der Waals surface area contributed by atoms with Crippen LogP contribution in [-0.2, 0) is 9.47 Å². The molecule has 1 saturated heterocycles. The van der Waals surface area contributed by atoms with Crippen molar-refractivity contribution in [2.75, 3.05) is 18.5 Å². The van der Waals surface area contributed by atoms with Crippen LogP contribution in [0.2, 0.25) is 0 Å². The Hall–Kier alpha value is -2.27. The van der Waals surface area contributed by atoms with Gasteiger partial charge in [-0.2, -0.15) is 5.10 Å². The van der Waals surface area contributed by atoms with Crippen molar-refractivity contribution >= 4 is 17.4 Å². The zero-order valence-corrected chi connectivity index (χ0v) is 15.4. The highest BCUT2D eigenvalue weighted by Gasteiger charge is 2.53. The molecule has 4 N–H and O–H groups in total. The van der Waals surface area contributed by atoms with Gasteiger partial charge in [-0.15, -0.1) is 0 Å². The van der Waals surface area contributed by atoms with Gasteiger partial charge >= 0.3 is 6.09 Å². The maximum absolute atomic E-state index is 11.9. The van der Waals surface area contributed by atoms with Crippen LogP contribution in [0.4, 0.5) is 10.6 Å². The Balaban J connectivity index is 1.89. The maximum Gasteiger partial charge on any atom is 0.412 e. The summed E-state index contributed by atoms with van der Waals surface area (Å²) in [5, 5.41) is 36.9. The summed E-state index contributed by atoms with van der Waals surface area (Å²) in [6.07, 6.45) is -2.49. The lowest BCUT2D eigenvalue weighted by Crippen LogP contribution is -2.43. The molecule has 0 unspecified atom stereocenters. The first kappa shape index (κ1) is 19.5. The normalized spacial score (nSPS) is 28.0. The van der Waals surface area contributed by atoms with Crippen LogP contribution in [0, 0.1) is 5.92 Å². The molecular formula is C17H24N4O6. The monoisotopic (exact) mass is 380 g/mol. The quantitative estimate of drug-likeness (QED) is 0.587. The summed E-state index contributed by atoms with van der Waals surface area (Å²) in [5.41, 5.74) is -0.711. The molecule has 10 heteroatoms. The van der Waals surface area contributed by atoms with E-state index < -0.39 is 36.6 Å². The number of nitrogens with one attached hydrogen (secondary N) is 1. The average molecular weight is 380 g/mol. The van der Waals surface area contributed by atoms with Crippen LogP contribution >= 0.6 is 0 Å². The van der Waals surface area contributed by atoms with Gasteiger partial charge in [0.25, 0.3) is 0 Å². The third-order valence-corrected chi connectivity index (χ3v) is 4.49. The Kier molecular flexibility index (Phi) is 5.33. The molecule has 1 amide bonds. The zero-order chi connectivity index (χ0) is 19.8. The Morgan fingerprint density at radius 2 is 2.22 bits per heavy atom. The van der Waals surface area contributed by atoms with Crippen molar-refractivity contribution < 1.29 is 29.6 Å². The molecule has 1 fully saturated rings. The molecule has 1 aliphatic heterocycles. The first-order valence-corrected chi connectivity index (χ1v) is 8.68. The molecule has 2 aromatic heterocycles. The lowest BCUT2D eigenvalue weighted by molar-refractivity contribution is -0.0664. The van der Waals surface area contributed by atoms with Crippen LogP contribution in [0.1, 0.15) is 32.6 Å². The van der Waals surface area contributed by atoms with Crippen LogP contribution < -0.4 is 5.32 Å². The fourth-order valence-electron chi connectivity index (χ4n) is 3.05. The molecule has 3 rings (SSSR count). The van der Waals surface area contributed by atoms with Crippen molar-refractivity contribution in [2.45, 2.75) is 44.7 Å². The summed E-state index contributed by atoms with van der Waals surface area (Å²) < 4.78 is 12.2. The van der Waals surface area contributed by atoms with Crippen LogP contribution in [0.3, 0.4) is 0 Å². The molecule has 0 spiro atoms. The predicted molar refractivity (Wildman–Crippen MR) is 94.1 cm³/mol. The number of hydrogen-bond donors (Lipinski definition) is 4. The Bertz CT molecular complexity index is 821. The minimum absolute atomic E-state index is 0.203. The molecule has 2 aromatic rings. The molecule has 27 heavy (non-hydrogen) atoms. The summed E-state index contributed by atoms with van der Waals surface area (Å²) >= 11 is 0. The molecule has 0 saturated carbocycles. The topological polar surface area (TPSA) is 138 Å². The summed E-state index contributed by atoms with van der Waals surface area (Å²) in [6, 6.07) is 3.31. The molecule has 0 radical (unpaired) electrons. The number of fused-ring (bicyclic) bond motifs is 1. The fourth-order valence-corrected chi connectivity index (χ4v) is 3.05. The molecule has 0 bridgehead atoms. The molecule has 10 nitrogen and oxygen atoms in total. The van der Waals surface area contributed by atoms with Gasteiger partial charge in [-0.1, -0.05) is 13.8 Å². The van der Waals surface area contributed by atoms with Gasteiger partial charge in [0.05, 0.1) is 18.9 Å². The van der Waals surface area contributed by atoms with E-state index in [4.69, 9.17) is 9.47 Å². The summed E-state index contributed by atoms with van der Waals surface area (Å²) in [7, 11) is 0. The Morgan fingerprint density at radius 1 is 1.48 bits per heavy atom. The van der Waals surface area contributed by atoms with E-state index in [9.17, 15) is 20.1 Å². The first-order valence-electron chi connectivity index (χ1n) is 8.68. The highest BCUT2D eigenvalue weighted by molar-refractivity contribution is 5.88. The molecule has 4 atom stereocenters. The van der Waals surface area contributed by atoms with E-state index in [0.717, 1.165) is 0 Å². The highest BCUT2D eigenvalue weighted by atomic mass is 16.6. The second-order valence-electron chi connectivity index (χ2n) is 7.19. The third-order valence-electron chi connectivity index (χ3n) is 4.49. The van der Waals surface area contributed by atoms with Gasteiger partial charge in [-0.05, 0) is 25.0 Å². The minimum atomic E-state index is -1.63. The standard InChI is InChI=1S/C17H24N4O6/c1-9(2)7-26-16(24)20-15-11-5-4-10(21(11)19-8-18-15)14-17(3,25)13(23)12(6-22)27-14/h4-5,8-9,12-14,22-23,25H,6-7H2,1-3H3,(H,18,19,20,24)/t12-,13-,14+,17-/m1/s1. The molecule has 3 heterocycles. The van der Waals surface area contributed by atoms with Gasteiger partial charge in [0.1, 0.15) is 35.8 Å². The summed E-state index contributed by atoms with van der Waals surface area (Å²) in [5.74, 6) is 0.440. The Morgan fingerprint density at radius 3 is 2.85 bits per heavy atom. The first-order chi connectivity index (χ1) is 12.8. The number of nitrogens with zero attached hydrogens (tertiary/aromatic N) is 3. The molecule has 0 aliphatic carbocycles. The van der Waals surface area contributed by atoms with Crippen LogP contribution in [0.25, 0.3) is 5.52 Å². The maximum atomic E-state index is 11.9. The smallest absolute Gasteiger partial charge is 0.412 e. The fraction of sp³-hybridized carbons (Fsp3) is 0.588. The number of rotatable bonds is 5. The lowest BCUT2D eigenvalue weighted by atomic mass is 9.91. The molecule has 0 aromatic carbocycles. The van der Waals surface area contributed by atoms with Crippen molar-refractivity contribution in [2.24, 2.45) is 5.92 Å². The predicted octanol–water partition coefficient (Wildman–Crippen LogP) is 0.478. The van der Waals surface area contributed by atoms with Gasteiger partial charge in [-0.25, -0.2) is 14.3 Å². The second-order valence-corrected chi connectivity index (χ2v) is 7.19. The number of anilines is 1. The largest absolute Gasteiger partial charge is 0.449 e. The van der Waals surface area contributed by atoms with Crippen molar-refractivity contribution in [3.8, 4) is 0 Å². The molecular weight excluding hydrogens is 356 g/mol. The van der Waals surface area contributed by atoms with Gasteiger partial charge in [0.15, 0.2) is 5.82 Å². The van der Waals surface area contributed by atoms with Gasteiger partial charge in [0, 0.05) is 0 Å². The van der Waals surface area contributed by atoms with E-state index >= 15 is 0 Å². The molecule has 1 aliphatic rings. The molecule has 148 valence electrons. The highest BCUT2D eigenvalue weighted by Crippen LogP contribution is 2.41. The number of aliphatic hydroxyl groups excluding tert-OH is 2. The summed E-state index contributed by atoms with van der Waals surface area (Å²) in [6.45, 7) is 5.13. The zero-order valence-electron chi connectivity index (χ0n) is 15.4. The average Bonchev–Trinajstić information content (AvgIpc) is 3.13. The van der Waals surface area contributed by atoms with E-state index in [1.54, 1.807) is 12.1 Å². The van der Waals surface area contributed by atoms with Crippen LogP contribution in [0.15, 0.2) is 18.5 Å². The van der Waals surface area contributed by atoms with Gasteiger partial charge in [-0.3, -0.25) is 5.32 Å². The number of amides is 1. The van der Waals surface area contributed by atoms with E-state index in [0.29, 0.717) is 11.2 Å². The van der Waals surface area contributed by atoms with E-state index in [-0.39, 0.29) is 18.3 Å². The SMILES string of the molecule is CC(C)COC(=O)Nc1ncnn2c([C@@H]3O[C@H](CO)[C@@H](O)[C@@]3(C)O)ccc12. The van der Waals surface area contributed by atoms with Crippen LogP contribution in [-0.4, -0.2) is 67.0 Å². The summed E-state index contributed by atoms with van der Waals surface area (Å²) in [4.78, 5) is 16.0. The number of aromatic nitrogens is 3. The Labute approximate surface area is 155 Å². The number of ether oxygens (including phenoxy) is 2. The van der Waals surface area contributed by atoms with Crippen molar-refractivity contribution in [1.29, 1.82) is 0 Å². The van der Waals surface area contributed by atoms with E-state index in [1.165, 1.54) is 17.8 Å². The number of carbonyl (C=O) groups is 1. The number of hydrogen-bond acceptors (Lipinski definition) is 8. The number of aliphatic hydroxyl groups is 3. The van der Waals surface area contributed by atoms with Gasteiger partial charge < -0.3 is 24.8 Å².